The van der Waals surface area contributed by atoms with Crippen LogP contribution in [0.4, 0.5) is 11.7 Å². The molecule has 0 unspecified atom stereocenters. The largest absolute Gasteiger partial charge is 0.490 e. The summed E-state index contributed by atoms with van der Waals surface area (Å²) in [5.41, 5.74) is 2.88. The minimum absolute atomic E-state index is 0.373. The minimum atomic E-state index is 0.373. The van der Waals surface area contributed by atoms with Crippen molar-refractivity contribution >= 4 is 45.4 Å². The van der Waals surface area contributed by atoms with Crippen LogP contribution in [0.25, 0.3) is 22.1 Å². The van der Waals surface area contributed by atoms with E-state index in [0.717, 1.165) is 35.4 Å². The van der Waals surface area contributed by atoms with Crippen molar-refractivity contribution < 1.29 is 13.9 Å². The maximum Gasteiger partial charge on any atom is 0.300 e. The highest BCUT2D eigenvalue weighted by atomic mass is 35.5. The second-order valence-corrected chi connectivity index (χ2v) is 9.06. The Bertz CT molecular complexity index is 1500. The summed E-state index contributed by atoms with van der Waals surface area (Å²) in [6.45, 7) is 1.71. The average molecular weight is 490 g/mol. The van der Waals surface area contributed by atoms with Crippen molar-refractivity contribution in [3.05, 3.63) is 65.9 Å². The molecule has 1 atom stereocenters. The van der Waals surface area contributed by atoms with Crippen LogP contribution in [-0.2, 0) is 0 Å². The van der Waals surface area contributed by atoms with Crippen molar-refractivity contribution in [3.8, 4) is 17.2 Å². The maximum atomic E-state index is 6.37. The van der Waals surface area contributed by atoms with Gasteiger partial charge in [-0.2, -0.15) is 4.98 Å². The molecule has 4 heterocycles. The Balaban J connectivity index is 1.18. The van der Waals surface area contributed by atoms with E-state index < -0.39 is 0 Å². The highest BCUT2D eigenvalue weighted by Crippen LogP contribution is 2.33. The molecule has 0 aliphatic carbocycles. The summed E-state index contributed by atoms with van der Waals surface area (Å²) < 4.78 is 18.0. The summed E-state index contributed by atoms with van der Waals surface area (Å²) >= 11 is 6.37. The molecule has 35 heavy (non-hydrogen) atoms. The SMILES string of the molecule is CN1CCC[C@@H]1COc1cc(Nc2nc3cc(Oc4ccnc5[nH]ccc45)ccc3o2)ccc1Cl. The van der Waals surface area contributed by atoms with Crippen LogP contribution in [-0.4, -0.2) is 46.1 Å². The fourth-order valence-electron chi connectivity index (χ4n) is 4.37. The predicted molar refractivity (Wildman–Crippen MR) is 136 cm³/mol. The molecule has 8 nitrogen and oxygen atoms in total. The van der Waals surface area contributed by atoms with E-state index >= 15 is 0 Å². The number of aromatic nitrogens is 3. The van der Waals surface area contributed by atoms with Crippen LogP contribution in [0.5, 0.6) is 17.2 Å². The lowest BCUT2D eigenvalue weighted by Crippen LogP contribution is -2.30. The molecule has 0 spiro atoms. The maximum absolute atomic E-state index is 6.37. The van der Waals surface area contributed by atoms with Crippen LogP contribution in [0.15, 0.2) is 65.3 Å². The molecule has 0 radical (unpaired) electrons. The Labute approximate surface area is 206 Å². The van der Waals surface area contributed by atoms with Gasteiger partial charge >= 0.3 is 0 Å². The second-order valence-electron chi connectivity index (χ2n) is 8.66. The molecule has 0 amide bonds. The molecule has 1 saturated heterocycles. The van der Waals surface area contributed by atoms with E-state index in [1.807, 2.05) is 54.7 Å². The summed E-state index contributed by atoms with van der Waals surface area (Å²) in [5, 5.41) is 4.69. The van der Waals surface area contributed by atoms with Crippen molar-refractivity contribution in [1.82, 2.24) is 19.9 Å². The number of hydrogen-bond acceptors (Lipinski definition) is 7. The number of halogens is 1. The van der Waals surface area contributed by atoms with Crippen LogP contribution in [0.2, 0.25) is 5.02 Å². The van der Waals surface area contributed by atoms with Gasteiger partial charge in [0.2, 0.25) is 0 Å². The van der Waals surface area contributed by atoms with Crippen molar-refractivity contribution in [3.63, 3.8) is 0 Å². The third-order valence-corrected chi connectivity index (χ3v) is 6.60. The van der Waals surface area contributed by atoms with E-state index in [0.29, 0.717) is 46.3 Å². The Kier molecular flexibility index (Phi) is 5.67. The van der Waals surface area contributed by atoms with Gasteiger partial charge in [-0.1, -0.05) is 11.6 Å². The number of oxazole rings is 1. The van der Waals surface area contributed by atoms with Crippen molar-refractivity contribution in [1.29, 1.82) is 0 Å². The van der Waals surface area contributed by atoms with Gasteiger partial charge in [-0.15, -0.1) is 0 Å². The fourth-order valence-corrected chi connectivity index (χ4v) is 4.54. The summed E-state index contributed by atoms with van der Waals surface area (Å²) in [6.07, 6.45) is 5.88. The Hall–Kier alpha value is -3.75. The first-order valence-corrected chi connectivity index (χ1v) is 11.9. The predicted octanol–water partition coefficient (Wildman–Crippen LogP) is 6.37. The molecule has 2 N–H and O–H groups in total. The lowest BCUT2D eigenvalue weighted by molar-refractivity contribution is 0.198. The number of likely N-dealkylation sites (N-methyl/N-ethyl adjacent to an activating group) is 1. The molecule has 2 aromatic carbocycles. The first-order chi connectivity index (χ1) is 17.1. The van der Waals surface area contributed by atoms with Gasteiger partial charge in [0.05, 0.1) is 10.4 Å². The first kappa shape index (κ1) is 21.8. The number of hydrogen-bond donors (Lipinski definition) is 2. The monoisotopic (exact) mass is 489 g/mol. The molecule has 9 heteroatoms. The molecular weight excluding hydrogens is 466 g/mol. The minimum Gasteiger partial charge on any atom is -0.490 e. The van der Waals surface area contributed by atoms with Gasteiger partial charge in [0.25, 0.3) is 6.01 Å². The third-order valence-electron chi connectivity index (χ3n) is 6.29. The molecule has 1 fully saturated rings. The standard InChI is InChI=1S/C26H24ClN5O3/c1-32-12-2-3-17(32)15-33-24-13-16(4-6-20(24)27)30-26-31-21-14-18(5-7-23(21)35-26)34-22-9-11-29-25-19(22)8-10-28-25/h4-11,13-14,17H,2-3,12,15H2,1H3,(H,28,29)(H,30,31)/t17-/m1/s1. The molecule has 178 valence electrons. The van der Waals surface area contributed by atoms with E-state index in [9.17, 15) is 0 Å². The number of benzene rings is 2. The molecule has 1 aliphatic rings. The molecule has 1 aliphatic heterocycles. The zero-order valence-electron chi connectivity index (χ0n) is 19.1. The Morgan fingerprint density at radius 1 is 1.17 bits per heavy atom. The highest BCUT2D eigenvalue weighted by molar-refractivity contribution is 6.32. The van der Waals surface area contributed by atoms with E-state index in [4.69, 9.17) is 25.5 Å². The zero-order chi connectivity index (χ0) is 23.8. The van der Waals surface area contributed by atoms with E-state index in [1.165, 1.54) is 6.42 Å². The van der Waals surface area contributed by atoms with Crippen LogP contribution in [0.1, 0.15) is 12.8 Å². The van der Waals surface area contributed by atoms with E-state index in [-0.39, 0.29) is 0 Å². The van der Waals surface area contributed by atoms with Crippen molar-refractivity contribution in [2.45, 2.75) is 18.9 Å². The summed E-state index contributed by atoms with van der Waals surface area (Å²) in [6, 6.07) is 15.6. The number of fused-ring (bicyclic) bond motifs is 2. The van der Waals surface area contributed by atoms with Crippen molar-refractivity contribution in [2.75, 3.05) is 25.5 Å². The smallest absolute Gasteiger partial charge is 0.300 e. The number of likely N-dealkylation sites (tertiary alicyclic amines) is 1. The van der Waals surface area contributed by atoms with Gasteiger partial charge in [0, 0.05) is 36.3 Å². The number of aromatic amines is 1. The van der Waals surface area contributed by atoms with Gasteiger partial charge in [0.1, 0.15) is 35.0 Å². The Morgan fingerprint density at radius 3 is 3.00 bits per heavy atom. The molecule has 6 rings (SSSR count). The number of H-pyrrole nitrogens is 1. The lowest BCUT2D eigenvalue weighted by Gasteiger charge is -2.20. The van der Waals surface area contributed by atoms with Gasteiger partial charge in [0.15, 0.2) is 5.58 Å². The van der Waals surface area contributed by atoms with Crippen molar-refractivity contribution in [2.24, 2.45) is 0 Å². The number of nitrogens with zero attached hydrogens (tertiary/aromatic N) is 3. The van der Waals surface area contributed by atoms with Crippen LogP contribution < -0.4 is 14.8 Å². The quantitative estimate of drug-likeness (QED) is 0.274. The lowest BCUT2D eigenvalue weighted by atomic mass is 10.2. The third kappa shape index (κ3) is 4.50. The zero-order valence-corrected chi connectivity index (χ0v) is 19.9. The highest BCUT2D eigenvalue weighted by Gasteiger charge is 2.21. The number of rotatable bonds is 7. The average Bonchev–Trinajstić information content (AvgIpc) is 3.59. The first-order valence-electron chi connectivity index (χ1n) is 11.5. The van der Waals surface area contributed by atoms with Gasteiger partial charge in [-0.05, 0) is 62.8 Å². The molecule has 0 bridgehead atoms. The Morgan fingerprint density at radius 2 is 2.11 bits per heavy atom. The molecule has 5 aromatic rings. The number of pyridine rings is 1. The van der Waals surface area contributed by atoms with Crippen LogP contribution >= 0.6 is 11.6 Å². The number of anilines is 2. The van der Waals surface area contributed by atoms with Crippen LogP contribution in [0, 0.1) is 0 Å². The molecule has 0 saturated carbocycles. The second kappa shape index (κ2) is 9.13. The molecular formula is C26H24ClN5O3. The summed E-state index contributed by atoms with van der Waals surface area (Å²) in [4.78, 5) is 14.3. The number of nitrogens with one attached hydrogen (secondary N) is 2. The van der Waals surface area contributed by atoms with Gasteiger partial charge < -0.3 is 29.1 Å². The van der Waals surface area contributed by atoms with Gasteiger partial charge in [-0.25, -0.2) is 4.98 Å². The van der Waals surface area contributed by atoms with E-state index in [1.54, 1.807) is 6.20 Å². The van der Waals surface area contributed by atoms with Gasteiger partial charge in [-0.3, -0.25) is 0 Å². The fraction of sp³-hybridized carbons (Fsp3) is 0.231. The molecule has 3 aromatic heterocycles. The van der Waals surface area contributed by atoms with Crippen LogP contribution in [0.3, 0.4) is 0 Å². The normalized spacial score (nSPS) is 16.2. The summed E-state index contributed by atoms with van der Waals surface area (Å²) in [5.74, 6) is 2.01. The summed E-state index contributed by atoms with van der Waals surface area (Å²) in [7, 11) is 2.13. The topological polar surface area (TPSA) is 88.4 Å². The van der Waals surface area contributed by atoms with E-state index in [2.05, 4.69) is 32.2 Å². The number of ether oxygens (including phenoxy) is 2.